The third kappa shape index (κ3) is 3.19. The van der Waals surface area contributed by atoms with Gasteiger partial charge in [0, 0.05) is 0 Å². The number of hydrogen-bond donors (Lipinski definition) is 0. The molecule has 19 heavy (non-hydrogen) atoms. The fraction of sp³-hybridized carbons (Fsp3) is 0. The summed E-state index contributed by atoms with van der Waals surface area (Å²) in [6, 6.07) is 14.4. The van der Waals surface area contributed by atoms with Crippen molar-refractivity contribution in [1.82, 2.24) is 0 Å². The summed E-state index contributed by atoms with van der Waals surface area (Å²) in [6.07, 6.45) is 0. The molecule has 0 aliphatic heterocycles. The molecule has 0 saturated heterocycles. The summed E-state index contributed by atoms with van der Waals surface area (Å²) in [4.78, 5) is 20.9. The van der Waals surface area contributed by atoms with E-state index < -0.39 is 11.8 Å². The third-order valence-electron chi connectivity index (χ3n) is 2.41. The maximum atomic E-state index is 13.2. The van der Waals surface area contributed by atoms with Crippen LogP contribution in [-0.4, -0.2) is 5.97 Å². The zero-order chi connectivity index (χ0) is 13.7. The molecule has 0 spiro atoms. The van der Waals surface area contributed by atoms with Gasteiger partial charge in [-0.1, -0.05) is 49.0 Å². The summed E-state index contributed by atoms with van der Waals surface area (Å²) in [5.74, 6) is -1.54. The molecule has 0 fully saturated rings. The summed E-state index contributed by atoms with van der Waals surface area (Å²) < 4.78 is 13.2. The Morgan fingerprint density at radius 3 is 2.32 bits per heavy atom. The second kappa shape index (κ2) is 5.82. The Kier molecular flexibility index (Phi) is 3.93. The topological polar surface area (TPSA) is 35.5 Å². The van der Waals surface area contributed by atoms with Gasteiger partial charge in [0.1, 0.15) is 0 Å². The molecule has 0 unspecified atom stereocenters. The van der Waals surface area contributed by atoms with Crippen LogP contribution in [0.3, 0.4) is 0 Å². The van der Waals surface area contributed by atoms with Crippen molar-refractivity contribution in [2.45, 2.75) is 0 Å². The van der Waals surface area contributed by atoms with Gasteiger partial charge in [-0.15, -0.1) is 0 Å². The van der Waals surface area contributed by atoms with Gasteiger partial charge in [0.2, 0.25) is 5.75 Å². The van der Waals surface area contributed by atoms with E-state index in [1.54, 1.807) is 30.3 Å². The standard InChI is InChI=1S/C15H11FO3/c1-11(12-7-3-2-4-8-12)15(17)19-18-14-10-6-5-9-13(14)16/h2-10H,1H2. The highest BCUT2D eigenvalue weighted by Crippen LogP contribution is 2.18. The van der Waals surface area contributed by atoms with Crippen LogP contribution in [0, 0.1) is 5.82 Å². The molecule has 0 saturated carbocycles. The molecule has 0 radical (unpaired) electrons. The second-order valence-corrected chi connectivity index (χ2v) is 3.73. The van der Waals surface area contributed by atoms with Crippen LogP contribution in [-0.2, 0) is 9.68 Å². The predicted octanol–water partition coefficient (Wildman–Crippen LogP) is 3.38. The molecule has 0 bridgehead atoms. The molecular formula is C15H11FO3. The normalized spacial score (nSPS) is 9.74. The van der Waals surface area contributed by atoms with Gasteiger partial charge in [0.05, 0.1) is 5.57 Å². The Morgan fingerprint density at radius 2 is 1.63 bits per heavy atom. The Bertz CT molecular complexity index is 593. The molecule has 4 heteroatoms. The number of para-hydroxylation sites is 1. The van der Waals surface area contributed by atoms with Crippen molar-refractivity contribution in [3.63, 3.8) is 0 Å². The van der Waals surface area contributed by atoms with Crippen LogP contribution in [0.1, 0.15) is 5.56 Å². The monoisotopic (exact) mass is 258 g/mol. The van der Waals surface area contributed by atoms with Crippen LogP contribution >= 0.6 is 0 Å². The summed E-state index contributed by atoms with van der Waals surface area (Å²) in [5, 5.41) is 0. The highest BCUT2D eigenvalue weighted by molar-refractivity contribution is 6.15. The van der Waals surface area contributed by atoms with Gasteiger partial charge in [-0.3, -0.25) is 4.89 Å². The lowest BCUT2D eigenvalue weighted by Crippen LogP contribution is -2.10. The molecular weight excluding hydrogens is 247 g/mol. The smallest absolute Gasteiger partial charge is 0.283 e. The van der Waals surface area contributed by atoms with Crippen molar-refractivity contribution in [2.24, 2.45) is 0 Å². The quantitative estimate of drug-likeness (QED) is 0.479. The number of carbonyl (C=O) groups is 1. The summed E-state index contributed by atoms with van der Waals surface area (Å²) >= 11 is 0. The number of hydrogen-bond acceptors (Lipinski definition) is 3. The van der Waals surface area contributed by atoms with E-state index in [2.05, 4.69) is 16.4 Å². The third-order valence-corrected chi connectivity index (χ3v) is 2.41. The molecule has 3 nitrogen and oxygen atoms in total. The molecule has 0 aromatic heterocycles. The highest BCUT2D eigenvalue weighted by atomic mass is 19.1. The average molecular weight is 258 g/mol. The molecule has 0 N–H and O–H groups in total. The largest absolute Gasteiger partial charge is 0.386 e. The van der Waals surface area contributed by atoms with E-state index in [9.17, 15) is 9.18 Å². The number of benzene rings is 2. The van der Waals surface area contributed by atoms with Crippen LogP contribution in [0.5, 0.6) is 5.75 Å². The Morgan fingerprint density at radius 1 is 1.00 bits per heavy atom. The highest BCUT2D eigenvalue weighted by Gasteiger charge is 2.13. The maximum absolute atomic E-state index is 13.2. The molecule has 0 amide bonds. The Labute approximate surface area is 109 Å². The predicted molar refractivity (Wildman–Crippen MR) is 68.6 cm³/mol. The minimum absolute atomic E-state index is 0.136. The molecule has 2 aromatic rings. The van der Waals surface area contributed by atoms with Gasteiger partial charge in [0.25, 0.3) is 0 Å². The first-order valence-corrected chi connectivity index (χ1v) is 5.56. The first-order valence-electron chi connectivity index (χ1n) is 5.56. The van der Waals surface area contributed by atoms with Crippen molar-refractivity contribution < 1.29 is 19.0 Å². The van der Waals surface area contributed by atoms with Gasteiger partial charge in [-0.05, 0) is 17.7 Å². The SMILES string of the molecule is C=C(C(=O)OOc1ccccc1F)c1ccccc1. The van der Waals surface area contributed by atoms with Crippen molar-refractivity contribution in [3.8, 4) is 5.75 Å². The van der Waals surface area contributed by atoms with E-state index in [0.29, 0.717) is 5.56 Å². The zero-order valence-corrected chi connectivity index (χ0v) is 10.0. The average Bonchev–Trinajstić information content (AvgIpc) is 2.46. The van der Waals surface area contributed by atoms with Gasteiger partial charge in [0.15, 0.2) is 5.82 Å². The van der Waals surface area contributed by atoms with E-state index in [1.165, 1.54) is 18.2 Å². The van der Waals surface area contributed by atoms with Gasteiger partial charge in [-0.2, -0.15) is 0 Å². The lowest BCUT2D eigenvalue weighted by Gasteiger charge is -2.06. The Hall–Kier alpha value is -2.62. The van der Waals surface area contributed by atoms with E-state index in [0.717, 1.165) is 0 Å². The molecule has 2 aromatic carbocycles. The fourth-order valence-electron chi connectivity index (χ4n) is 1.40. The van der Waals surface area contributed by atoms with Crippen molar-refractivity contribution in [3.05, 3.63) is 72.6 Å². The van der Waals surface area contributed by atoms with Crippen molar-refractivity contribution in [1.29, 1.82) is 0 Å². The second-order valence-electron chi connectivity index (χ2n) is 3.73. The van der Waals surface area contributed by atoms with Crippen molar-refractivity contribution in [2.75, 3.05) is 0 Å². The number of carbonyl (C=O) groups excluding carboxylic acids is 1. The molecule has 0 heterocycles. The minimum atomic E-state index is -0.769. The van der Waals surface area contributed by atoms with Crippen molar-refractivity contribution >= 4 is 11.5 Å². The van der Waals surface area contributed by atoms with Crippen LogP contribution < -0.4 is 4.89 Å². The van der Waals surface area contributed by atoms with E-state index in [-0.39, 0.29) is 11.3 Å². The molecule has 0 atom stereocenters. The molecule has 0 aliphatic rings. The van der Waals surface area contributed by atoms with Crippen LogP contribution in [0.25, 0.3) is 5.57 Å². The molecule has 0 aliphatic carbocycles. The van der Waals surface area contributed by atoms with Gasteiger partial charge >= 0.3 is 5.97 Å². The lowest BCUT2D eigenvalue weighted by molar-refractivity contribution is -0.206. The number of halogens is 1. The van der Waals surface area contributed by atoms with E-state index in [4.69, 9.17) is 0 Å². The van der Waals surface area contributed by atoms with Crippen LogP contribution in [0.2, 0.25) is 0 Å². The zero-order valence-electron chi connectivity index (χ0n) is 10.0. The number of rotatable bonds is 4. The van der Waals surface area contributed by atoms with Crippen LogP contribution in [0.15, 0.2) is 61.2 Å². The van der Waals surface area contributed by atoms with Gasteiger partial charge in [-0.25, -0.2) is 14.1 Å². The summed E-state index contributed by atoms with van der Waals surface area (Å²) in [5.41, 5.74) is 0.751. The first kappa shape index (κ1) is 12.8. The van der Waals surface area contributed by atoms with E-state index in [1.807, 2.05) is 6.07 Å². The van der Waals surface area contributed by atoms with Crippen LogP contribution in [0.4, 0.5) is 4.39 Å². The first-order chi connectivity index (χ1) is 9.18. The Balaban J connectivity index is 1.99. The molecule has 2 rings (SSSR count). The van der Waals surface area contributed by atoms with Gasteiger partial charge < -0.3 is 0 Å². The summed E-state index contributed by atoms with van der Waals surface area (Å²) in [6.45, 7) is 3.61. The minimum Gasteiger partial charge on any atom is -0.283 e. The lowest BCUT2D eigenvalue weighted by atomic mass is 10.1. The fourth-order valence-corrected chi connectivity index (χ4v) is 1.40. The summed E-state index contributed by atoms with van der Waals surface area (Å²) in [7, 11) is 0. The maximum Gasteiger partial charge on any atom is 0.386 e. The van der Waals surface area contributed by atoms with E-state index >= 15 is 0 Å². The molecule has 96 valence electrons.